The summed E-state index contributed by atoms with van der Waals surface area (Å²) in [4.78, 5) is 0. The van der Waals surface area contributed by atoms with Crippen LogP contribution in [0.2, 0.25) is 0 Å². The van der Waals surface area contributed by atoms with E-state index in [1.54, 1.807) is 0 Å². The van der Waals surface area contributed by atoms with Crippen LogP contribution in [0.15, 0.2) is 24.8 Å². The Hall–Kier alpha value is -0.520. The van der Waals surface area contributed by atoms with Gasteiger partial charge in [-0.3, -0.25) is 0 Å². The highest BCUT2D eigenvalue weighted by atomic mass is 14.0. The monoisotopic (exact) mass is 235 g/mol. The lowest BCUT2D eigenvalue weighted by Gasteiger charge is -1.99. The summed E-state index contributed by atoms with van der Waals surface area (Å²) in [6.45, 7) is 7.59. The summed E-state index contributed by atoms with van der Waals surface area (Å²) in [6, 6.07) is 0. The molecule has 0 amide bonds. The van der Waals surface area contributed by atoms with Gasteiger partial charge in [0.25, 0.3) is 0 Å². The number of allylic oxidation sites excluding steroid dienone is 3. The summed E-state index contributed by atoms with van der Waals surface area (Å²) in [5, 5.41) is 0. The molecule has 0 rings (SSSR count). The highest BCUT2D eigenvalue weighted by molar-refractivity contribution is 4.81. The third-order valence-electron chi connectivity index (χ3n) is 3.07. The van der Waals surface area contributed by atoms with Crippen molar-refractivity contribution >= 4 is 0 Å². The highest BCUT2D eigenvalue weighted by Gasteiger charge is 1.89. The molecule has 0 heterocycles. The number of hydrogen-bond acceptors (Lipinski definition) is 0. The van der Waals surface area contributed by atoms with E-state index < -0.39 is 0 Å². The Bertz CT molecular complexity index is 167. The van der Waals surface area contributed by atoms with Gasteiger partial charge in [-0.1, -0.05) is 63.7 Å². The molecule has 0 fully saturated rings. The molecule has 0 aromatic heterocycles. The standard InChI is InChI=1S/C17H31/c1-3-5-7-9-11-13-15-17-16-14-12-10-8-6-4-2/h3,12,14H,1-2,4-11,13,15-17H2/b14-12+. The maximum Gasteiger partial charge on any atom is -0.0351 e. The second kappa shape index (κ2) is 15.5. The van der Waals surface area contributed by atoms with E-state index in [4.69, 9.17) is 0 Å². The topological polar surface area (TPSA) is 0 Å². The predicted molar refractivity (Wildman–Crippen MR) is 80.1 cm³/mol. The Morgan fingerprint density at radius 2 is 1.06 bits per heavy atom. The second-order valence-electron chi connectivity index (χ2n) is 4.81. The first-order valence-electron chi connectivity index (χ1n) is 7.47. The average molecular weight is 235 g/mol. The van der Waals surface area contributed by atoms with Gasteiger partial charge in [-0.05, 0) is 38.5 Å². The molecule has 0 unspecified atom stereocenters. The fraction of sp³-hybridized carbons (Fsp3) is 0.706. The minimum Gasteiger partial charge on any atom is -0.103 e. The molecule has 0 atom stereocenters. The first-order chi connectivity index (χ1) is 8.41. The molecule has 1 radical (unpaired) electrons. The molecule has 99 valence electrons. The van der Waals surface area contributed by atoms with Crippen LogP contribution in [-0.4, -0.2) is 0 Å². The lowest BCUT2D eigenvalue weighted by molar-refractivity contribution is 0.600. The van der Waals surface area contributed by atoms with Gasteiger partial charge in [0, 0.05) is 0 Å². The van der Waals surface area contributed by atoms with E-state index in [2.05, 4.69) is 25.7 Å². The van der Waals surface area contributed by atoms with Crippen LogP contribution in [0.1, 0.15) is 77.0 Å². The molecular weight excluding hydrogens is 204 g/mol. The zero-order valence-electron chi connectivity index (χ0n) is 11.6. The van der Waals surface area contributed by atoms with Gasteiger partial charge in [0.05, 0.1) is 0 Å². The molecule has 0 N–H and O–H groups in total. The van der Waals surface area contributed by atoms with Crippen LogP contribution in [0, 0.1) is 6.92 Å². The Kier molecular flexibility index (Phi) is 15.0. The summed E-state index contributed by atoms with van der Waals surface area (Å²) in [6.07, 6.45) is 22.4. The van der Waals surface area contributed by atoms with Crippen molar-refractivity contribution in [3.05, 3.63) is 31.7 Å². The molecule has 0 nitrogen and oxygen atoms in total. The molecule has 17 heavy (non-hydrogen) atoms. The maximum atomic E-state index is 3.85. The zero-order chi connectivity index (χ0) is 12.6. The summed E-state index contributed by atoms with van der Waals surface area (Å²) in [7, 11) is 0. The van der Waals surface area contributed by atoms with Gasteiger partial charge < -0.3 is 0 Å². The van der Waals surface area contributed by atoms with E-state index in [1.165, 1.54) is 70.6 Å². The van der Waals surface area contributed by atoms with E-state index in [1.807, 2.05) is 6.08 Å². The summed E-state index contributed by atoms with van der Waals surface area (Å²) >= 11 is 0. The molecule has 0 saturated heterocycles. The van der Waals surface area contributed by atoms with Crippen molar-refractivity contribution in [2.45, 2.75) is 77.0 Å². The van der Waals surface area contributed by atoms with Gasteiger partial charge in [-0.25, -0.2) is 0 Å². The normalized spacial score (nSPS) is 11.1. The quantitative estimate of drug-likeness (QED) is 0.262. The van der Waals surface area contributed by atoms with Crippen molar-refractivity contribution in [2.75, 3.05) is 0 Å². The molecular formula is C17H31. The van der Waals surface area contributed by atoms with Gasteiger partial charge in [-0.2, -0.15) is 0 Å². The molecule has 0 aliphatic rings. The fourth-order valence-corrected chi connectivity index (χ4v) is 1.93. The first-order valence-corrected chi connectivity index (χ1v) is 7.47. The molecule has 0 bridgehead atoms. The fourth-order valence-electron chi connectivity index (χ4n) is 1.93. The van der Waals surface area contributed by atoms with Crippen LogP contribution >= 0.6 is 0 Å². The Balaban J connectivity index is 2.99. The third kappa shape index (κ3) is 15.5. The van der Waals surface area contributed by atoms with Crippen molar-refractivity contribution < 1.29 is 0 Å². The van der Waals surface area contributed by atoms with Crippen molar-refractivity contribution in [2.24, 2.45) is 0 Å². The van der Waals surface area contributed by atoms with Crippen LogP contribution in [0.3, 0.4) is 0 Å². The van der Waals surface area contributed by atoms with Crippen molar-refractivity contribution in [3.8, 4) is 0 Å². The second-order valence-corrected chi connectivity index (χ2v) is 4.81. The van der Waals surface area contributed by atoms with Crippen molar-refractivity contribution in [1.29, 1.82) is 0 Å². The van der Waals surface area contributed by atoms with Gasteiger partial charge >= 0.3 is 0 Å². The Morgan fingerprint density at radius 1 is 0.588 bits per heavy atom. The predicted octanol–water partition coefficient (Wildman–Crippen LogP) is 6.24. The van der Waals surface area contributed by atoms with Crippen LogP contribution < -0.4 is 0 Å². The van der Waals surface area contributed by atoms with E-state index in [0.29, 0.717) is 0 Å². The van der Waals surface area contributed by atoms with E-state index in [-0.39, 0.29) is 0 Å². The summed E-state index contributed by atoms with van der Waals surface area (Å²) < 4.78 is 0. The van der Waals surface area contributed by atoms with Crippen molar-refractivity contribution in [3.63, 3.8) is 0 Å². The smallest absolute Gasteiger partial charge is 0.0351 e. The molecule has 0 heteroatoms. The molecule has 0 aliphatic heterocycles. The average Bonchev–Trinajstić information content (AvgIpc) is 2.35. The lowest BCUT2D eigenvalue weighted by atomic mass is 10.1. The number of hydrogen-bond donors (Lipinski definition) is 0. The van der Waals surface area contributed by atoms with Gasteiger partial charge in [0.1, 0.15) is 0 Å². The largest absolute Gasteiger partial charge is 0.103 e. The van der Waals surface area contributed by atoms with Crippen LogP contribution in [0.5, 0.6) is 0 Å². The molecule has 0 saturated carbocycles. The van der Waals surface area contributed by atoms with E-state index >= 15 is 0 Å². The van der Waals surface area contributed by atoms with Gasteiger partial charge in [0.2, 0.25) is 0 Å². The lowest BCUT2D eigenvalue weighted by Crippen LogP contribution is -1.79. The number of rotatable bonds is 13. The van der Waals surface area contributed by atoms with Gasteiger partial charge in [0.15, 0.2) is 0 Å². The minimum absolute atomic E-state index is 1.08. The molecule has 0 aromatic rings. The van der Waals surface area contributed by atoms with Gasteiger partial charge in [-0.15, -0.1) is 6.58 Å². The minimum atomic E-state index is 1.08. The molecule has 0 spiro atoms. The van der Waals surface area contributed by atoms with Crippen molar-refractivity contribution in [1.82, 2.24) is 0 Å². The molecule has 0 aromatic carbocycles. The zero-order valence-corrected chi connectivity index (χ0v) is 11.6. The maximum absolute atomic E-state index is 3.85. The van der Waals surface area contributed by atoms with E-state index in [0.717, 1.165) is 6.42 Å². The SMILES string of the molecule is [CH2]CCCC/C=C/CCCCCCCCC=C. The summed E-state index contributed by atoms with van der Waals surface area (Å²) in [5.74, 6) is 0. The Morgan fingerprint density at radius 3 is 1.59 bits per heavy atom. The number of unbranched alkanes of at least 4 members (excludes halogenated alkanes) is 10. The van der Waals surface area contributed by atoms with Crippen LogP contribution in [-0.2, 0) is 0 Å². The highest BCUT2D eigenvalue weighted by Crippen LogP contribution is 2.09. The van der Waals surface area contributed by atoms with E-state index in [9.17, 15) is 0 Å². The Labute approximate surface area is 109 Å². The van der Waals surface area contributed by atoms with Crippen LogP contribution in [0.4, 0.5) is 0 Å². The molecule has 0 aliphatic carbocycles. The first kappa shape index (κ1) is 16.5. The third-order valence-corrected chi connectivity index (χ3v) is 3.07. The summed E-state index contributed by atoms with van der Waals surface area (Å²) in [5.41, 5.74) is 0. The van der Waals surface area contributed by atoms with Crippen LogP contribution in [0.25, 0.3) is 0 Å².